The molecule has 0 saturated heterocycles. The Morgan fingerprint density at radius 1 is 1.26 bits per heavy atom. The van der Waals surface area contributed by atoms with Crippen molar-refractivity contribution in [2.45, 2.75) is 33.2 Å². The van der Waals surface area contributed by atoms with Gasteiger partial charge in [-0.3, -0.25) is 0 Å². The van der Waals surface area contributed by atoms with Gasteiger partial charge in [-0.05, 0) is 36.5 Å². The summed E-state index contributed by atoms with van der Waals surface area (Å²) in [5.41, 5.74) is 1.25. The third kappa shape index (κ3) is 4.55. The lowest BCUT2D eigenvalue weighted by atomic mass is 9.84. The third-order valence-electron chi connectivity index (χ3n) is 3.84. The number of hydrogen-bond acceptors (Lipinski definition) is 2. The van der Waals surface area contributed by atoms with Crippen molar-refractivity contribution in [3.8, 4) is 5.75 Å². The second-order valence-corrected chi connectivity index (χ2v) is 5.60. The van der Waals surface area contributed by atoms with Gasteiger partial charge in [0, 0.05) is 29.6 Å². The Balaban J connectivity index is 2.64. The van der Waals surface area contributed by atoms with Crippen LogP contribution >= 0.6 is 23.2 Å². The summed E-state index contributed by atoms with van der Waals surface area (Å²) in [6, 6.07) is 5.67. The van der Waals surface area contributed by atoms with Crippen molar-refractivity contribution in [2.75, 3.05) is 19.5 Å². The fourth-order valence-corrected chi connectivity index (χ4v) is 2.75. The first kappa shape index (κ1) is 16.6. The van der Waals surface area contributed by atoms with Crippen molar-refractivity contribution >= 4 is 23.2 Å². The zero-order valence-corrected chi connectivity index (χ0v) is 13.4. The molecule has 0 aromatic heterocycles. The smallest absolute Gasteiger partial charge is 0.123 e. The third-order valence-corrected chi connectivity index (χ3v) is 4.64. The minimum atomic E-state index is 0.174. The Bertz CT molecular complexity index is 383. The zero-order chi connectivity index (χ0) is 14.3. The second kappa shape index (κ2) is 7.98. The van der Waals surface area contributed by atoms with Crippen molar-refractivity contribution in [3.63, 3.8) is 0 Å². The monoisotopic (exact) mass is 303 g/mol. The fraction of sp³-hybridized carbons (Fsp3) is 0.600. The van der Waals surface area contributed by atoms with Crippen LogP contribution in [0.1, 0.15) is 32.3 Å². The predicted molar refractivity (Wildman–Crippen MR) is 83.4 cm³/mol. The minimum Gasteiger partial charge on any atom is -0.496 e. The van der Waals surface area contributed by atoms with E-state index in [0.717, 1.165) is 42.3 Å². The van der Waals surface area contributed by atoms with Crippen LogP contribution in [0.2, 0.25) is 5.02 Å². The molecule has 4 heteroatoms. The molecule has 0 unspecified atom stereocenters. The Morgan fingerprint density at radius 3 is 2.47 bits per heavy atom. The molecule has 0 spiro atoms. The second-order valence-electron chi connectivity index (χ2n) is 4.90. The van der Waals surface area contributed by atoms with E-state index in [-0.39, 0.29) is 5.41 Å². The lowest BCUT2D eigenvalue weighted by Crippen LogP contribution is -2.34. The van der Waals surface area contributed by atoms with Crippen LogP contribution in [0, 0.1) is 5.41 Å². The van der Waals surface area contributed by atoms with Gasteiger partial charge in [-0.15, -0.1) is 11.6 Å². The van der Waals surface area contributed by atoms with Crippen LogP contribution in [0.15, 0.2) is 18.2 Å². The van der Waals surface area contributed by atoms with Crippen molar-refractivity contribution < 1.29 is 4.74 Å². The van der Waals surface area contributed by atoms with Crippen molar-refractivity contribution in [2.24, 2.45) is 5.41 Å². The molecule has 19 heavy (non-hydrogen) atoms. The first-order chi connectivity index (χ1) is 9.10. The Kier molecular flexibility index (Phi) is 6.98. The molecule has 0 heterocycles. The van der Waals surface area contributed by atoms with E-state index in [4.69, 9.17) is 27.9 Å². The highest BCUT2D eigenvalue weighted by Gasteiger charge is 2.24. The van der Waals surface area contributed by atoms with Gasteiger partial charge < -0.3 is 10.1 Å². The molecular weight excluding hydrogens is 281 g/mol. The SMILES string of the molecule is CCC(CC)(CCl)CNCc1cc(Cl)ccc1OC. The van der Waals surface area contributed by atoms with E-state index in [0.29, 0.717) is 5.88 Å². The Hall–Kier alpha value is -0.440. The molecule has 1 aromatic rings. The van der Waals surface area contributed by atoms with E-state index in [1.54, 1.807) is 7.11 Å². The van der Waals surface area contributed by atoms with Gasteiger partial charge >= 0.3 is 0 Å². The number of alkyl halides is 1. The highest BCUT2D eigenvalue weighted by atomic mass is 35.5. The van der Waals surface area contributed by atoms with Crippen LogP contribution in [-0.4, -0.2) is 19.5 Å². The lowest BCUT2D eigenvalue weighted by molar-refractivity contribution is 0.285. The highest BCUT2D eigenvalue weighted by molar-refractivity contribution is 6.30. The average Bonchev–Trinajstić information content (AvgIpc) is 2.44. The molecule has 2 nitrogen and oxygen atoms in total. The van der Waals surface area contributed by atoms with Crippen molar-refractivity contribution in [1.82, 2.24) is 5.32 Å². The van der Waals surface area contributed by atoms with E-state index < -0.39 is 0 Å². The van der Waals surface area contributed by atoms with Gasteiger partial charge in [0.05, 0.1) is 7.11 Å². The molecule has 108 valence electrons. The van der Waals surface area contributed by atoms with Crippen molar-refractivity contribution in [1.29, 1.82) is 0 Å². The van der Waals surface area contributed by atoms with Crippen LogP contribution < -0.4 is 10.1 Å². The minimum absolute atomic E-state index is 0.174. The first-order valence-electron chi connectivity index (χ1n) is 6.70. The van der Waals surface area contributed by atoms with Crippen molar-refractivity contribution in [3.05, 3.63) is 28.8 Å². The summed E-state index contributed by atoms with van der Waals surface area (Å²) < 4.78 is 5.34. The summed E-state index contributed by atoms with van der Waals surface area (Å²) in [7, 11) is 1.67. The van der Waals surface area contributed by atoms with Gasteiger partial charge in [0.25, 0.3) is 0 Å². The van der Waals surface area contributed by atoms with Gasteiger partial charge in [0.15, 0.2) is 0 Å². The van der Waals surface area contributed by atoms with Gasteiger partial charge in [0.2, 0.25) is 0 Å². The highest BCUT2D eigenvalue weighted by Crippen LogP contribution is 2.28. The summed E-state index contributed by atoms with van der Waals surface area (Å²) in [6.45, 7) is 6.02. The summed E-state index contributed by atoms with van der Waals surface area (Å²) >= 11 is 12.1. The zero-order valence-electron chi connectivity index (χ0n) is 11.9. The first-order valence-corrected chi connectivity index (χ1v) is 7.61. The largest absolute Gasteiger partial charge is 0.496 e. The van der Waals surface area contributed by atoms with Crippen LogP contribution in [0.5, 0.6) is 5.75 Å². The van der Waals surface area contributed by atoms with E-state index >= 15 is 0 Å². The standard InChI is InChI=1S/C15H23Cl2NO/c1-4-15(5-2,10-16)11-18-9-12-8-13(17)6-7-14(12)19-3/h6-8,18H,4-5,9-11H2,1-3H3. The van der Waals surface area contributed by atoms with Gasteiger partial charge in [0.1, 0.15) is 5.75 Å². The summed E-state index contributed by atoms with van der Waals surface area (Å²) in [5, 5.41) is 4.20. The fourth-order valence-electron chi connectivity index (χ4n) is 2.08. The predicted octanol–water partition coefficient (Wildman–Crippen LogP) is 4.48. The molecule has 0 saturated carbocycles. The van der Waals surface area contributed by atoms with E-state index in [1.165, 1.54) is 0 Å². The van der Waals surface area contributed by atoms with Gasteiger partial charge in [-0.25, -0.2) is 0 Å². The number of ether oxygens (including phenoxy) is 1. The topological polar surface area (TPSA) is 21.3 Å². The normalized spacial score (nSPS) is 11.6. The van der Waals surface area contributed by atoms with E-state index in [1.807, 2.05) is 18.2 Å². The average molecular weight is 304 g/mol. The quantitative estimate of drug-likeness (QED) is 0.715. The molecule has 1 N–H and O–H groups in total. The molecule has 0 radical (unpaired) electrons. The van der Waals surface area contributed by atoms with E-state index in [2.05, 4.69) is 19.2 Å². The molecule has 1 rings (SSSR count). The lowest BCUT2D eigenvalue weighted by Gasteiger charge is -2.29. The van der Waals surface area contributed by atoms with Crippen LogP contribution in [0.4, 0.5) is 0 Å². The molecule has 1 aromatic carbocycles. The van der Waals surface area contributed by atoms with Crippen LogP contribution in [-0.2, 0) is 6.54 Å². The van der Waals surface area contributed by atoms with Crippen LogP contribution in [0.25, 0.3) is 0 Å². The molecule has 0 aliphatic heterocycles. The molecule has 0 bridgehead atoms. The molecule has 0 aliphatic rings. The number of nitrogens with one attached hydrogen (secondary N) is 1. The summed E-state index contributed by atoms with van der Waals surface area (Å²) in [5.74, 6) is 1.54. The number of methoxy groups -OCH3 is 1. The van der Waals surface area contributed by atoms with E-state index in [9.17, 15) is 0 Å². The molecule has 0 aliphatic carbocycles. The maximum absolute atomic E-state index is 6.10. The summed E-state index contributed by atoms with van der Waals surface area (Å²) in [6.07, 6.45) is 2.15. The maximum Gasteiger partial charge on any atom is 0.123 e. The number of benzene rings is 1. The number of halogens is 2. The summed E-state index contributed by atoms with van der Waals surface area (Å²) in [4.78, 5) is 0. The number of rotatable bonds is 8. The molecule has 0 fully saturated rings. The number of hydrogen-bond donors (Lipinski definition) is 1. The van der Waals surface area contributed by atoms with Gasteiger partial charge in [-0.1, -0.05) is 25.4 Å². The molecule has 0 atom stereocenters. The molecular formula is C15H23Cl2NO. The molecule has 0 amide bonds. The van der Waals surface area contributed by atoms with Crippen LogP contribution in [0.3, 0.4) is 0 Å². The maximum atomic E-state index is 6.10. The Morgan fingerprint density at radius 2 is 1.95 bits per heavy atom. The Labute approximate surface area is 126 Å². The van der Waals surface area contributed by atoms with Gasteiger partial charge in [-0.2, -0.15) is 0 Å².